The number of aromatic nitrogens is 1. The van der Waals surface area contributed by atoms with Gasteiger partial charge in [-0.3, -0.25) is 0 Å². The molecule has 0 unspecified atom stereocenters. The molecule has 0 saturated carbocycles. The molecule has 0 aliphatic carbocycles. The number of hydrogen-bond acceptors (Lipinski definition) is 4. The summed E-state index contributed by atoms with van der Waals surface area (Å²) in [5, 5.41) is 8.63. The average molecular weight is 226 g/mol. The normalized spacial score (nSPS) is 9.82. The Kier molecular flexibility index (Phi) is 3.31. The standard InChI is InChI=1S/C13H10N2O2/c14-8-11-4-3-10(9-15-11)13-6-5-12(17-13)2-1-7-16/h3-7,9H,1-2H2. The third-order valence-corrected chi connectivity index (χ3v) is 2.33. The van der Waals surface area contributed by atoms with Crippen LogP contribution in [0.15, 0.2) is 34.9 Å². The zero-order valence-corrected chi connectivity index (χ0v) is 9.09. The first-order chi connectivity index (χ1) is 8.33. The molecule has 2 rings (SSSR count). The van der Waals surface area contributed by atoms with Crippen molar-refractivity contribution in [1.29, 1.82) is 5.26 Å². The zero-order chi connectivity index (χ0) is 12.1. The molecule has 0 radical (unpaired) electrons. The lowest BCUT2D eigenvalue weighted by Crippen LogP contribution is -1.83. The monoisotopic (exact) mass is 226 g/mol. The molecular formula is C13H10N2O2. The van der Waals surface area contributed by atoms with E-state index in [9.17, 15) is 4.79 Å². The Morgan fingerprint density at radius 2 is 2.24 bits per heavy atom. The van der Waals surface area contributed by atoms with E-state index in [0.29, 0.717) is 24.3 Å². The number of pyridine rings is 1. The van der Waals surface area contributed by atoms with Gasteiger partial charge in [0.25, 0.3) is 0 Å². The summed E-state index contributed by atoms with van der Waals surface area (Å²) in [6.45, 7) is 0. The Morgan fingerprint density at radius 3 is 2.88 bits per heavy atom. The van der Waals surface area contributed by atoms with E-state index in [0.717, 1.165) is 17.6 Å². The second kappa shape index (κ2) is 5.08. The van der Waals surface area contributed by atoms with Crippen molar-refractivity contribution in [2.24, 2.45) is 0 Å². The fraction of sp³-hybridized carbons (Fsp3) is 0.154. The Bertz CT molecular complexity index is 550. The van der Waals surface area contributed by atoms with Gasteiger partial charge in [-0.15, -0.1) is 0 Å². The van der Waals surface area contributed by atoms with Crippen molar-refractivity contribution in [2.45, 2.75) is 12.8 Å². The van der Waals surface area contributed by atoms with Gasteiger partial charge in [0.2, 0.25) is 0 Å². The highest BCUT2D eigenvalue weighted by Gasteiger charge is 2.05. The molecule has 4 nitrogen and oxygen atoms in total. The predicted octanol–water partition coefficient (Wildman–Crippen LogP) is 2.34. The first kappa shape index (κ1) is 11.1. The van der Waals surface area contributed by atoms with Crippen LogP contribution in [0.3, 0.4) is 0 Å². The molecule has 0 spiro atoms. The van der Waals surface area contributed by atoms with E-state index >= 15 is 0 Å². The molecule has 0 amide bonds. The molecule has 4 heteroatoms. The molecule has 0 aliphatic heterocycles. The van der Waals surface area contributed by atoms with Gasteiger partial charge < -0.3 is 9.21 Å². The quantitative estimate of drug-likeness (QED) is 0.750. The first-order valence-corrected chi connectivity index (χ1v) is 5.22. The summed E-state index contributed by atoms with van der Waals surface area (Å²) >= 11 is 0. The van der Waals surface area contributed by atoms with Crippen LogP contribution in [0.2, 0.25) is 0 Å². The molecular weight excluding hydrogens is 216 g/mol. The summed E-state index contributed by atoms with van der Waals surface area (Å²) < 4.78 is 5.56. The van der Waals surface area contributed by atoms with Gasteiger partial charge in [-0.25, -0.2) is 4.98 Å². The summed E-state index contributed by atoms with van der Waals surface area (Å²) in [7, 11) is 0. The Balaban J connectivity index is 2.18. The highest BCUT2D eigenvalue weighted by Crippen LogP contribution is 2.22. The fourth-order valence-corrected chi connectivity index (χ4v) is 1.47. The second-order valence-corrected chi connectivity index (χ2v) is 3.52. The summed E-state index contributed by atoms with van der Waals surface area (Å²) in [6, 6.07) is 9.07. The lowest BCUT2D eigenvalue weighted by Gasteiger charge is -1.96. The van der Waals surface area contributed by atoms with Crippen molar-refractivity contribution in [3.05, 3.63) is 41.9 Å². The summed E-state index contributed by atoms with van der Waals surface area (Å²) in [6.07, 6.45) is 3.53. The van der Waals surface area contributed by atoms with Gasteiger partial charge in [0.1, 0.15) is 29.6 Å². The molecule has 0 aliphatic rings. The lowest BCUT2D eigenvalue weighted by molar-refractivity contribution is -0.107. The van der Waals surface area contributed by atoms with Crippen LogP contribution >= 0.6 is 0 Å². The van der Waals surface area contributed by atoms with Gasteiger partial charge in [0.15, 0.2) is 0 Å². The number of nitrogens with zero attached hydrogens (tertiary/aromatic N) is 2. The number of hydrogen-bond donors (Lipinski definition) is 0. The van der Waals surface area contributed by atoms with E-state index < -0.39 is 0 Å². The van der Waals surface area contributed by atoms with Crippen molar-refractivity contribution < 1.29 is 9.21 Å². The number of carbonyl (C=O) groups is 1. The Labute approximate surface area is 98.5 Å². The highest BCUT2D eigenvalue weighted by molar-refractivity contribution is 5.57. The van der Waals surface area contributed by atoms with Crippen molar-refractivity contribution in [3.63, 3.8) is 0 Å². The second-order valence-electron chi connectivity index (χ2n) is 3.52. The molecule has 0 saturated heterocycles. The van der Waals surface area contributed by atoms with Crippen LogP contribution in [0.25, 0.3) is 11.3 Å². The molecule has 0 bridgehead atoms. The van der Waals surface area contributed by atoms with Crippen LogP contribution in [-0.4, -0.2) is 11.3 Å². The maximum atomic E-state index is 10.2. The van der Waals surface area contributed by atoms with E-state index in [1.807, 2.05) is 18.2 Å². The highest BCUT2D eigenvalue weighted by atomic mass is 16.3. The Hall–Kier alpha value is -2.41. The molecule has 2 aromatic heterocycles. The van der Waals surface area contributed by atoms with Crippen molar-refractivity contribution in [2.75, 3.05) is 0 Å². The topological polar surface area (TPSA) is 66.9 Å². The van der Waals surface area contributed by atoms with Crippen LogP contribution in [-0.2, 0) is 11.2 Å². The van der Waals surface area contributed by atoms with Crippen LogP contribution in [0.4, 0.5) is 0 Å². The van der Waals surface area contributed by atoms with Crippen LogP contribution in [0, 0.1) is 11.3 Å². The molecule has 17 heavy (non-hydrogen) atoms. The minimum atomic E-state index is 0.376. The summed E-state index contributed by atoms with van der Waals surface area (Å²) in [5.41, 5.74) is 1.20. The zero-order valence-electron chi connectivity index (χ0n) is 9.09. The molecule has 2 heterocycles. The van der Waals surface area contributed by atoms with Gasteiger partial charge >= 0.3 is 0 Å². The van der Waals surface area contributed by atoms with Crippen molar-refractivity contribution in [1.82, 2.24) is 4.98 Å². The van der Waals surface area contributed by atoms with Crippen molar-refractivity contribution in [3.8, 4) is 17.4 Å². The van der Waals surface area contributed by atoms with Gasteiger partial charge in [0.05, 0.1) is 0 Å². The van der Waals surface area contributed by atoms with E-state index in [1.165, 1.54) is 0 Å². The number of furan rings is 1. The minimum Gasteiger partial charge on any atom is -0.461 e. The van der Waals surface area contributed by atoms with E-state index in [2.05, 4.69) is 4.98 Å². The molecule has 0 N–H and O–H groups in total. The van der Waals surface area contributed by atoms with E-state index in [1.54, 1.807) is 18.3 Å². The third kappa shape index (κ3) is 2.58. The SMILES string of the molecule is N#Cc1ccc(-c2ccc(CCC=O)o2)cn1. The van der Waals surface area contributed by atoms with Gasteiger partial charge in [-0.05, 0) is 24.3 Å². The predicted molar refractivity (Wildman–Crippen MR) is 61.0 cm³/mol. The van der Waals surface area contributed by atoms with Crippen LogP contribution in [0.1, 0.15) is 17.9 Å². The molecule has 0 atom stereocenters. The number of aryl methyl sites for hydroxylation is 1. The number of carbonyl (C=O) groups excluding carboxylic acids is 1. The summed E-state index contributed by atoms with van der Waals surface area (Å²) in [4.78, 5) is 14.2. The molecule has 0 fully saturated rings. The number of nitriles is 1. The van der Waals surface area contributed by atoms with Crippen LogP contribution in [0.5, 0.6) is 0 Å². The molecule has 0 aromatic carbocycles. The largest absolute Gasteiger partial charge is 0.461 e. The number of aldehydes is 1. The first-order valence-electron chi connectivity index (χ1n) is 5.22. The van der Waals surface area contributed by atoms with Gasteiger partial charge in [0, 0.05) is 24.6 Å². The average Bonchev–Trinajstić information content (AvgIpc) is 2.85. The van der Waals surface area contributed by atoms with Gasteiger partial charge in [-0.2, -0.15) is 5.26 Å². The molecule has 2 aromatic rings. The minimum absolute atomic E-state index is 0.376. The van der Waals surface area contributed by atoms with E-state index in [-0.39, 0.29) is 0 Å². The third-order valence-electron chi connectivity index (χ3n) is 2.33. The number of rotatable bonds is 4. The van der Waals surface area contributed by atoms with E-state index in [4.69, 9.17) is 9.68 Å². The fourth-order valence-electron chi connectivity index (χ4n) is 1.47. The Morgan fingerprint density at radius 1 is 1.35 bits per heavy atom. The maximum Gasteiger partial charge on any atom is 0.140 e. The lowest BCUT2D eigenvalue weighted by atomic mass is 10.2. The summed E-state index contributed by atoms with van der Waals surface area (Å²) in [5.74, 6) is 1.47. The van der Waals surface area contributed by atoms with Crippen LogP contribution < -0.4 is 0 Å². The van der Waals surface area contributed by atoms with Crippen molar-refractivity contribution >= 4 is 6.29 Å². The molecule has 84 valence electrons. The van der Waals surface area contributed by atoms with Gasteiger partial charge in [-0.1, -0.05) is 0 Å². The smallest absolute Gasteiger partial charge is 0.140 e. The maximum absolute atomic E-state index is 10.2.